The molecule has 0 N–H and O–H groups in total. The van der Waals surface area contributed by atoms with E-state index in [9.17, 15) is 4.79 Å². The molecule has 0 radical (unpaired) electrons. The van der Waals surface area contributed by atoms with Crippen LogP contribution in [0.4, 0.5) is 0 Å². The summed E-state index contributed by atoms with van der Waals surface area (Å²) in [5, 5.41) is 0. The second-order valence-electron chi connectivity index (χ2n) is 9.54. The molecule has 1 amide bonds. The van der Waals surface area contributed by atoms with Crippen LogP contribution in [0.15, 0.2) is 0 Å². The average molecular weight is 328 g/mol. The van der Waals surface area contributed by atoms with Crippen LogP contribution >= 0.6 is 0 Å². The maximum atomic E-state index is 12.6. The van der Waals surface area contributed by atoms with Crippen LogP contribution in [-0.4, -0.2) is 36.1 Å². The summed E-state index contributed by atoms with van der Waals surface area (Å²) in [5.74, 6) is 0.710. The predicted octanol–water partition coefficient (Wildman–Crippen LogP) is 5.14. The topological polar surface area (TPSA) is 29.5 Å². The first-order valence-electron chi connectivity index (χ1n) is 9.05. The Morgan fingerprint density at radius 1 is 1.04 bits per heavy atom. The first-order valence-corrected chi connectivity index (χ1v) is 9.05. The monoisotopic (exact) mass is 327 g/mol. The first-order chi connectivity index (χ1) is 10.1. The molecule has 0 aromatic heterocycles. The standard InChI is InChI=1S/C20H41NO2/c1-12-19(7,8)17(22)21(11)16(3)13-20(9,10)23-14-15(2)18(4,5)6/h15-16H,12-14H2,1-11H3. The first kappa shape index (κ1) is 22.4. The van der Waals surface area contributed by atoms with E-state index in [1.165, 1.54) is 0 Å². The van der Waals surface area contributed by atoms with E-state index >= 15 is 0 Å². The third-order valence-electron chi connectivity index (χ3n) is 5.43. The molecular formula is C20H41NO2. The van der Waals surface area contributed by atoms with Crippen LogP contribution in [-0.2, 0) is 9.53 Å². The molecule has 2 atom stereocenters. The summed E-state index contributed by atoms with van der Waals surface area (Å²) < 4.78 is 6.19. The maximum absolute atomic E-state index is 12.6. The predicted molar refractivity (Wildman–Crippen MR) is 99.6 cm³/mol. The van der Waals surface area contributed by atoms with Gasteiger partial charge in [0.1, 0.15) is 0 Å². The molecule has 0 saturated carbocycles. The smallest absolute Gasteiger partial charge is 0.228 e. The molecule has 0 spiro atoms. The number of hydrogen-bond acceptors (Lipinski definition) is 2. The van der Waals surface area contributed by atoms with Crippen molar-refractivity contribution in [3.05, 3.63) is 0 Å². The van der Waals surface area contributed by atoms with Gasteiger partial charge in [0.05, 0.1) is 12.2 Å². The van der Waals surface area contributed by atoms with Gasteiger partial charge in [-0.2, -0.15) is 0 Å². The molecule has 0 aliphatic rings. The highest BCUT2D eigenvalue weighted by molar-refractivity contribution is 5.81. The van der Waals surface area contributed by atoms with E-state index in [4.69, 9.17) is 4.74 Å². The van der Waals surface area contributed by atoms with Gasteiger partial charge in [0, 0.05) is 18.5 Å². The van der Waals surface area contributed by atoms with Crippen LogP contribution in [0.5, 0.6) is 0 Å². The fourth-order valence-electron chi connectivity index (χ4n) is 2.34. The molecule has 138 valence electrons. The van der Waals surface area contributed by atoms with Crippen molar-refractivity contribution < 1.29 is 9.53 Å². The lowest BCUT2D eigenvalue weighted by molar-refractivity contribution is -0.142. The number of ether oxygens (including phenoxy) is 1. The van der Waals surface area contributed by atoms with E-state index in [-0.39, 0.29) is 28.4 Å². The van der Waals surface area contributed by atoms with E-state index in [1.807, 2.05) is 25.8 Å². The lowest BCUT2D eigenvalue weighted by Gasteiger charge is -2.38. The normalized spacial score (nSPS) is 16.1. The van der Waals surface area contributed by atoms with Gasteiger partial charge in [-0.3, -0.25) is 4.79 Å². The molecule has 0 saturated heterocycles. The molecular weight excluding hydrogens is 286 g/mol. The number of carbonyl (C=O) groups excluding carboxylic acids is 1. The van der Waals surface area contributed by atoms with Crippen LogP contribution < -0.4 is 0 Å². The molecule has 0 aromatic carbocycles. The minimum atomic E-state index is -0.297. The summed E-state index contributed by atoms with van der Waals surface area (Å²) in [6, 6.07) is 0.160. The second kappa shape index (κ2) is 8.00. The summed E-state index contributed by atoms with van der Waals surface area (Å²) >= 11 is 0. The van der Waals surface area contributed by atoms with E-state index < -0.39 is 0 Å². The highest BCUT2D eigenvalue weighted by Gasteiger charge is 2.33. The van der Waals surface area contributed by atoms with E-state index in [0.29, 0.717) is 5.92 Å². The highest BCUT2D eigenvalue weighted by atomic mass is 16.5. The van der Waals surface area contributed by atoms with Crippen LogP contribution in [0.3, 0.4) is 0 Å². The molecule has 0 fully saturated rings. The quantitative estimate of drug-likeness (QED) is 0.618. The van der Waals surface area contributed by atoms with Crippen LogP contribution in [0.25, 0.3) is 0 Å². The molecule has 23 heavy (non-hydrogen) atoms. The molecule has 0 heterocycles. The summed E-state index contributed by atoms with van der Waals surface area (Å²) in [6.07, 6.45) is 1.69. The Labute approximate surface area is 145 Å². The number of carbonyl (C=O) groups is 1. The minimum Gasteiger partial charge on any atom is -0.375 e. The minimum absolute atomic E-state index is 0.160. The largest absolute Gasteiger partial charge is 0.375 e. The van der Waals surface area contributed by atoms with E-state index in [2.05, 4.69) is 55.4 Å². The van der Waals surface area contributed by atoms with E-state index in [1.54, 1.807) is 0 Å². The lowest BCUT2D eigenvalue weighted by Crippen LogP contribution is -2.46. The third kappa shape index (κ3) is 7.24. The van der Waals surface area contributed by atoms with Crippen molar-refractivity contribution in [1.29, 1.82) is 0 Å². The Bertz CT molecular complexity index is 380. The van der Waals surface area contributed by atoms with Gasteiger partial charge in [-0.15, -0.1) is 0 Å². The van der Waals surface area contributed by atoms with Crippen molar-refractivity contribution in [3.63, 3.8) is 0 Å². The highest BCUT2D eigenvalue weighted by Crippen LogP contribution is 2.29. The van der Waals surface area contributed by atoms with Crippen LogP contribution in [0, 0.1) is 16.7 Å². The van der Waals surface area contributed by atoms with Gasteiger partial charge in [0.2, 0.25) is 5.91 Å². The van der Waals surface area contributed by atoms with Crippen molar-refractivity contribution >= 4 is 5.91 Å². The lowest BCUT2D eigenvalue weighted by atomic mass is 9.82. The van der Waals surface area contributed by atoms with Crippen molar-refractivity contribution in [2.75, 3.05) is 13.7 Å². The van der Waals surface area contributed by atoms with Gasteiger partial charge in [0.25, 0.3) is 0 Å². The Kier molecular flexibility index (Phi) is 7.81. The Hall–Kier alpha value is -0.570. The van der Waals surface area contributed by atoms with Crippen molar-refractivity contribution in [2.24, 2.45) is 16.7 Å². The van der Waals surface area contributed by atoms with E-state index in [0.717, 1.165) is 19.4 Å². The zero-order chi connectivity index (χ0) is 18.6. The number of amides is 1. The molecule has 0 bridgehead atoms. The van der Waals surface area contributed by atoms with Crippen LogP contribution in [0.1, 0.15) is 82.1 Å². The third-order valence-corrected chi connectivity index (χ3v) is 5.43. The van der Waals surface area contributed by atoms with Gasteiger partial charge in [-0.25, -0.2) is 0 Å². The zero-order valence-corrected chi connectivity index (χ0v) is 17.5. The maximum Gasteiger partial charge on any atom is 0.228 e. The van der Waals surface area contributed by atoms with Gasteiger partial charge in [0.15, 0.2) is 0 Å². The summed E-state index contributed by atoms with van der Waals surface area (Å²) in [7, 11) is 1.91. The van der Waals surface area contributed by atoms with Gasteiger partial charge in [-0.05, 0) is 44.9 Å². The van der Waals surface area contributed by atoms with Crippen molar-refractivity contribution in [3.8, 4) is 0 Å². The Morgan fingerprint density at radius 3 is 1.91 bits per heavy atom. The van der Waals surface area contributed by atoms with Gasteiger partial charge in [-0.1, -0.05) is 48.5 Å². The molecule has 0 aromatic rings. The molecule has 3 nitrogen and oxygen atoms in total. The second-order valence-corrected chi connectivity index (χ2v) is 9.54. The fraction of sp³-hybridized carbons (Fsp3) is 0.950. The molecule has 2 unspecified atom stereocenters. The Balaban J connectivity index is 4.68. The number of nitrogens with zero attached hydrogens (tertiary/aromatic N) is 1. The fourth-order valence-corrected chi connectivity index (χ4v) is 2.34. The molecule has 0 rings (SSSR count). The van der Waals surface area contributed by atoms with Crippen molar-refractivity contribution in [1.82, 2.24) is 4.90 Å². The SMILES string of the molecule is CCC(C)(C)C(=O)N(C)C(C)CC(C)(C)OCC(C)C(C)(C)C. The summed E-state index contributed by atoms with van der Waals surface area (Å²) in [4.78, 5) is 14.5. The van der Waals surface area contributed by atoms with Gasteiger partial charge < -0.3 is 9.64 Å². The van der Waals surface area contributed by atoms with Crippen molar-refractivity contribution in [2.45, 2.75) is 93.7 Å². The molecule has 0 aliphatic carbocycles. The molecule has 0 aliphatic heterocycles. The summed E-state index contributed by atoms with van der Waals surface area (Å²) in [6.45, 7) is 22.2. The summed E-state index contributed by atoms with van der Waals surface area (Å²) in [5.41, 5.74) is -0.280. The van der Waals surface area contributed by atoms with Gasteiger partial charge >= 0.3 is 0 Å². The zero-order valence-electron chi connectivity index (χ0n) is 17.5. The van der Waals surface area contributed by atoms with Crippen LogP contribution in [0.2, 0.25) is 0 Å². The Morgan fingerprint density at radius 2 is 1.52 bits per heavy atom. The molecule has 3 heteroatoms. The average Bonchev–Trinajstić information content (AvgIpc) is 2.41. The number of rotatable bonds is 8. The number of hydrogen-bond donors (Lipinski definition) is 0.